The molecule has 0 atom stereocenters. The highest BCUT2D eigenvalue weighted by Gasteiger charge is 2.10. The summed E-state index contributed by atoms with van der Waals surface area (Å²) in [5.41, 5.74) is 3.53. The quantitative estimate of drug-likeness (QED) is 0.469. The van der Waals surface area contributed by atoms with Crippen molar-refractivity contribution in [3.8, 4) is 28.4 Å². The number of benzene rings is 3. The Morgan fingerprint density at radius 2 is 1.65 bits per heavy atom. The second-order valence-electron chi connectivity index (χ2n) is 6.66. The Kier molecular flexibility index (Phi) is 5.86. The summed E-state index contributed by atoms with van der Waals surface area (Å²) in [4.78, 5) is 12.5. The van der Waals surface area contributed by atoms with Crippen molar-refractivity contribution in [1.82, 2.24) is 15.0 Å². The van der Waals surface area contributed by atoms with E-state index in [0.29, 0.717) is 27.7 Å². The highest BCUT2D eigenvalue weighted by Crippen LogP contribution is 2.24. The summed E-state index contributed by atoms with van der Waals surface area (Å²) in [6.07, 6.45) is 1.84. The molecule has 0 aliphatic carbocycles. The number of amides is 1. The van der Waals surface area contributed by atoms with Gasteiger partial charge in [-0.2, -0.15) is 0 Å². The minimum atomic E-state index is -0.279. The van der Waals surface area contributed by atoms with Crippen molar-refractivity contribution in [2.75, 3.05) is 19.5 Å². The first-order valence-corrected chi connectivity index (χ1v) is 9.76. The molecule has 3 aromatic carbocycles. The number of methoxy groups -OCH3 is 2. The van der Waals surface area contributed by atoms with Crippen LogP contribution >= 0.6 is 11.6 Å². The van der Waals surface area contributed by atoms with E-state index < -0.39 is 0 Å². The molecule has 1 amide bonds. The van der Waals surface area contributed by atoms with Gasteiger partial charge in [-0.25, -0.2) is 4.68 Å². The fourth-order valence-electron chi connectivity index (χ4n) is 3.00. The molecule has 1 heterocycles. The maximum absolute atomic E-state index is 12.5. The van der Waals surface area contributed by atoms with E-state index in [1.54, 1.807) is 42.1 Å². The van der Waals surface area contributed by atoms with Crippen LogP contribution in [0.25, 0.3) is 16.9 Å². The molecule has 0 bridgehead atoms. The topological polar surface area (TPSA) is 78.3 Å². The lowest BCUT2D eigenvalue weighted by Crippen LogP contribution is -2.12. The Bertz CT molecular complexity index is 1200. The third-order valence-corrected chi connectivity index (χ3v) is 4.86. The molecule has 156 valence electrons. The normalized spacial score (nSPS) is 10.5. The summed E-state index contributed by atoms with van der Waals surface area (Å²) >= 11 is 6.04. The summed E-state index contributed by atoms with van der Waals surface area (Å²) in [6.45, 7) is 0. The third kappa shape index (κ3) is 4.67. The van der Waals surface area contributed by atoms with Crippen LogP contribution in [0.4, 0.5) is 5.69 Å². The lowest BCUT2D eigenvalue weighted by Gasteiger charge is -2.08. The SMILES string of the molecule is COc1ccc(-n2cc(-c3ccc(NC(=O)c4cc(Cl)cc(OC)c4)cc3)nn2)cc1. The van der Waals surface area contributed by atoms with E-state index in [0.717, 1.165) is 17.0 Å². The lowest BCUT2D eigenvalue weighted by molar-refractivity contribution is 0.102. The molecular formula is C23H19ClN4O3. The standard InChI is InChI=1S/C23H19ClN4O3/c1-30-20-9-7-19(8-10-20)28-14-22(26-27-28)15-3-5-18(6-4-15)25-23(29)16-11-17(24)13-21(12-16)31-2/h3-14H,1-2H3,(H,25,29). The maximum Gasteiger partial charge on any atom is 0.255 e. The van der Waals surface area contributed by atoms with Gasteiger partial charge in [-0.05, 0) is 54.6 Å². The van der Waals surface area contributed by atoms with E-state index in [1.165, 1.54) is 7.11 Å². The fraction of sp³-hybridized carbons (Fsp3) is 0.0870. The number of carbonyl (C=O) groups is 1. The molecule has 0 unspecified atom stereocenters. The molecule has 0 fully saturated rings. The number of aromatic nitrogens is 3. The molecule has 1 aromatic heterocycles. The summed E-state index contributed by atoms with van der Waals surface area (Å²) in [7, 11) is 3.15. The molecule has 0 spiro atoms. The van der Waals surface area contributed by atoms with Crippen LogP contribution in [0.5, 0.6) is 11.5 Å². The monoisotopic (exact) mass is 434 g/mol. The Morgan fingerprint density at radius 1 is 0.935 bits per heavy atom. The van der Waals surface area contributed by atoms with Gasteiger partial charge in [0.05, 0.1) is 26.1 Å². The van der Waals surface area contributed by atoms with Gasteiger partial charge < -0.3 is 14.8 Å². The van der Waals surface area contributed by atoms with E-state index in [4.69, 9.17) is 21.1 Å². The van der Waals surface area contributed by atoms with Gasteiger partial charge in [0.1, 0.15) is 17.2 Å². The zero-order valence-electron chi connectivity index (χ0n) is 16.9. The van der Waals surface area contributed by atoms with Gasteiger partial charge in [-0.3, -0.25) is 4.79 Å². The molecular weight excluding hydrogens is 416 g/mol. The van der Waals surface area contributed by atoms with Gasteiger partial charge >= 0.3 is 0 Å². The molecule has 7 nitrogen and oxygen atoms in total. The molecule has 0 radical (unpaired) electrons. The molecule has 31 heavy (non-hydrogen) atoms. The molecule has 4 aromatic rings. The molecule has 1 N–H and O–H groups in total. The van der Waals surface area contributed by atoms with Gasteiger partial charge in [-0.15, -0.1) is 5.10 Å². The molecule has 0 saturated carbocycles. The molecule has 8 heteroatoms. The van der Waals surface area contributed by atoms with E-state index in [-0.39, 0.29) is 5.91 Å². The number of ether oxygens (including phenoxy) is 2. The second-order valence-corrected chi connectivity index (χ2v) is 7.09. The lowest BCUT2D eigenvalue weighted by atomic mass is 10.1. The maximum atomic E-state index is 12.5. The molecule has 0 saturated heterocycles. The zero-order chi connectivity index (χ0) is 21.8. The fourth-order valence-corrected chi connectivity index (χ4v) is 3.22. The van der Waals surface area contributed by atoms with Crippen LogP contribution in [0.2, 0.25) is 5.02 Å². The smallest absolute Gasteiger partial charge is 0.255 e. The Labute approximate surface area is 184 Å². The number of halogens is 1. The predicted octanol–water partition coefficient (Wildman–Crippen LogP) is 4.86. The highest BCUT2D eigenvalue weighted by atomic mass is 35.5. The molecule has 0 aliphatic heterocycles. The van der Waals surface area contributed by atoms with Gasteiger partial charge in [0.25, 0.3) is 5.91 Å². The summed E-state index contributed by atoms with van der Waals surface area (Å²) in [5.74, 6) is 1.02. The first-order valence-electron chi connectivity index (χ1n) is 9.39. The number of carbonyl (C=O) groups excluding carboxylic acids is 1. The van der Waals surface area contributed by atoms with Crippen LogP contribution in [0.1, 0.15) is 10.4 Å². The van der Waals surface area contributed by atoms with Crippen LogP contribution in [0.3, 0.4) is 0 Å². The summed E-state index contributed by atoms with van der Waals surface area (Å²) in [6, 6.07) is 19.8. The Morgan fingerprint density at radius 3 is 2.32 bits per heavy atom. The van der Waals surface area contributed by atoms with Crippen LogP contribution in [0, 0.1) is 0 Å². The van der Waals surface area contributed by atoms with Crippen molar-refractivity contribution in [2.45, 2.75) is 0 Å². The van der Waals surface area contributed by atoms with Crippen molar-refractivity contribution < 1.29 is 14.3 Å². The van der Waals surface area contributed by atoms with Crippen molar-refractivity contribution in [2.24, 2.45) is 0 Å². The first kappa shape index (κ1) is 20.4. The van der Waals surface area contributed by atoms with Crippen LogP contribution in [0.15, 0.2) is 72.9 Å². The zero-order valence-corrected chi connectivity index (χ0v) is 17.6. The number of hydrogen-bond donors (Lipinski definition) is 1. The molecule has 0 aliphatic rings. The average Bonchev–Trinajstić information content (AvgIpc) is 3.29. The number of nitrogens with zero attached hydrogens (tertiary/aromatic N) is 3. The van der Waals surface area contributed by atoms with Crippen molar-refractivity contribution in [3.63, 3.8) is 0 Å². The largest absolute Gasteiger partial charge is 0.497 e. The minimum absolute atomic E-state index is 0.279. The minimum Gasteiger partial charge on any atom is -0.497 e. The van der Waals surface area contributed by atoms with Crippen molar-refractivity contribution in [3.05, 3.63) is 83.5 Å². The van der Waals surface area contributed by atoms with Gasteiger partial charge in [0.15, 0.2) is 0 Å². The van der Waals surface area contributed by atoms with E-state index in [2.05, 4.69) is 15.6 Å². The predicted molar refractivity (Wildman–Crippen MR) is 119 cm³/mol. The van der Waals surface area contributed by atoms with Crippen LogP contribution in [-0.2, 0) is 0 Å². The first-order chi connectivity index (χ1) is 15.1. The van der Waals surface area contributed by atoms with Crippen molar-refractivity contribution >= 4 is 23.2 Å². The van der Waals surface area contributed by atoms with Gasteiger partial charge in [0, 0.05) is 21.8 Å². The highest BCUT2D eigenvalue weighted by molar-refractivity contribution is 6.31. The van der Waals surface area contributed by atoms with E-state index >= 15 is 0 Å². The third-order valence-electron chi connectivity index (χ3n) is 4.64. The Balaban J connectivity index is 1.48. The van der Waals surface area contributed by atoms with Crippen LogP contribution < -0.4 is 14.8 Å². The van der Waals surface area contributed by atoms with E-state index in [9.17, 15) is 4.79 Å². The van der Waals surface area contributed by atoms with Gasteiger partial charge in [0.2, 0.25) is 0 Å². The second kappa shape index (κ2) is 8.89. The number of hydrogen-bond acceptors (Lipinski definition) is 5. The Hall–Kier alpha value is -3.84. The van der Waals surface area contributed by atoms with Crippen molar-refractivity contribution in [1.29, 1.82) is 0 Å². The number of nitrogens with one attached hydrogen (secondary N) is 1. The summed E-state index contributed by atoms with van der Waals surface area (Å²) in [5, 5.41) is 11.7. The average molecular weight is 435 g/mol. The summed E-state index contributed by atoms with van der Waals surface area (Å²) < 4.78 is 12.0. The number of rotatable bonds is 6. The van der Waals surface area contributed by atoms with Gasteiger partial charge in [-0.1, -0.05) is 28.9 Å². The number of anilines is 1. The van der Waals surface area contributed by atoms with Crippen LogP contribution in [-0.4, -0.2) is 35.1 Å². The van der Waals surface area contributed by atoms with E-state index in [1.807, 2.05) is 42.6 Å². The molecule has 4 rings (SSSR count).